The number of aliphatic carboxylic acids is 1. The van der Waals surface area contributed by atoms with Gasteiger partial charge >= 0.3 is 12.1 Å². The van der Waals surface area contributed by atoms with Crippen molar-refractivity contribution in [3.8, 4) is 0 Å². The maximum absolute atomic E-state index is 12.9. The molecule has 3 rings (SSSR count). The summed E-state index contributed by atoms with van der Waals surface area (Å²) < 4.78 is 44.6. The molecular weight excluding hydrogens is 426 g/mol. The first kappa shape index (κ1) is 24.5. The molecule has 11 heteroatoms. The molecule has 2 saturated heterocycles. The number of carboxylic acid groups (broad SMARTS) is 1. The molecule has 30 heavy (non-hydrogen) atoms. The Labute approximate surface area is 176 Å². The lowest BCUT2D eigenvalue weighted by Gasteiger charge is -2.37. The third-order valence-electron chi connectivity index (χ3n) is 5.61. The number of thiazole rings is 1. The van der Waals surface area contributed by atoms with Crippen molar-refractivity contribution in [2.45, 2.75) is 64.2 Å². The molecular formula is C19H27F4N3O3S. The number of alkyl halides is 4. The van der Waals surface area contributed by atoms with Gasteiger partial charge in [0.1, 0.15) is 6.67 Å². The largest absolute Gasteiger partial charge is 0.490 e. The van der Waals surface area contributed by atoms with Crippen LogP contribution < -0.4 is 0 Å². The molecule has 3 heterocycles. The highest BCUT2D eigenvalue weighted by atomic mass is 32.1. The molecule has 2 aliphatic heterocycles. The van der Waals surface area contributed by atoms with Crippen molar-refractivity contribution < 1.29 is 32.3 Å². The van der Waals surface area contributed by atoms with Gasteiger partial charge < -0.3 is 10.0 Å². The van der Waals surface area contributed by atoms with Gasteiger partial charge in [-0.3, -0.25) is 9.69 Å². The van der Waals surface area contributed by atoms with Crippen molar-refractivity contribution in [2.75, 3.05) is 26.3 Å². The Morgan fingerprint density at radius 3 is 2.43 bits per heavy atom. The summed E-state index contributed by atoms with van der Waals surface area (Å²) in [6, 6.07) is 0. The van der Waals surface area contributed by atoms with E-state index in [1.165, 1.54) is 4.88 Å². The first-order valence-electron chi connectivity index (χ1n) is 9.80. The van der Waals surface area contributed by atoms with Gasteiger partial charge in [-0.05, 0) is 46.1 Å². The molecule has 2 aliphatic rings. The Hall–Kier alpha value is -1.75. The van der Waals surface area contributed by atoms with Crippen LogP contribution in [0, 0.1) is 13.8 Å². The van der Waals surface area contributed by atoms with Crippen LogP contribution in [-0.4, -0.2) is 69.8 Å². The smallest absolute Gasteiger partial charge is 0.475 e. The van der Waals surface area contributed by atoms with Crippen molar-refractivity contribution >= 4 is 23.2 Å². The van der Waals surface area contributed by atoms with E-state index in [0.29, 0.717) is 6.42 Å². The fourth-order valence-electron chi connectivity index (χ4n) is 4.16. The Morgan fingerprint density at radius 2 is 1.90 bits per heavy atom. The van der Waals surface area contributed by atoms with Crippen LogP contribution >= 0.6 is 11.3 Å². The van der Waals surface area contributed by atoms with Gasteiger partial charge in [0.2, 0.25) is 5.91 Å². The molecule has 1 aromatic heterocycles. The third kappa shape index (κ3) is 6.13. The topological polar surface area (TPSA) is 73.7 Å². The highest BCUT2D eigenvalue weighted by Crippen LogP contribution is 2.39. The molecule has 6 nitrogen and oxygen atoms in total. The number of hydrogen-bond donors (Lipinski definition) is 1. The lowest BCUT2D eigenvalue weighted by Crippen LogP contribution is -2.47. The van der Waals surface area contributed by atoms with Crippen LogP contribution in [0.4, 0.5) is 17.6 Å². The number of halogens is 4. The minimum absolute atomic E-state index is 0.0867. The Morgan fingerprint density at radius 1 is 1.23 bits per heavy atom. The van der Waals surface area contributed by atoms with E-state index in [4.69, 9.17) is 9.90 Å². The molecule has 1 spiro atoms. The normalized spacial score (nSPS) is 22.7. The van der Waals surface area contributed by atoms with Crippen molar-refractivity contribution in [1.82, 2.24) is 14.8 Å². The lowest BCUT2D eigenvalue weighted by molar-refractivity contribution is -0.192. The summed E-state index contributed by atoms with van der Waals surface area (Å²) in [5, 5.41) is 8.25. The minimum atomic E-state index is -5.08. The fourth-order valence-corrected chi connectivity index (χ4v) is 5.14. The molecule has 0 radical (unpaired) electrons. The predicted octanol–water partition coefficient (Wildman–Crippen LogP) is 3.71. The number of aromatic nitrogens is 1. The van der Waals surface area contributed by atoms with Crippen molar-refractivity contribution in [2.24, 2.45) is 0 Å². The van der Waals surface area contributed by atoms with Crippen LogP contribution in [0.25, 0.3) is 0 Å². The van der Waals surface area contributed by atoms with Crippen LogP contribution in [0.1, 0.15) is 47.7 Å². The SMILES string of the molecule is Cc1nc(C)c(CN2CCCC3(CCC(=O)N3CCF)CC2)s1.O=C(O)C(F)(F)F. The average molecular weight is 454 g/mol. The number of carboxylic acids is 1. The summed E-state index contributed by atoms with van der Waals surface area (Å²) in [6.07, 6.45) is -0.538. The molecule has 1 unspecified atom stereocenters. The van der Waals surface area contributed by atoms with Gasteiger partial charge in [0.25, 0.3) is 0 Å². The number of likely N-dealkylation sites (tertiary alicyclic amines) is 2. The van der Waals surface area contributed by atoms with Gasteiger partial charge in [0, 0.05) is 36.5 Å². The number of aryl methyl sites for hydroxylation is 2. The van der Waals surface area contributed by atoms with Crippen molar-refractivity contribution in [1.29, 1.82) is 0 Å². The van der Waals surface area contributed by atoms with E-state index in [0.717, 1.165) is 56.0 Å². The van der Waals surface area contributed by atoms with E-state index in [2.05, 4.69) is 23.7 Å². The number of carbonyl (C=O) groups excluding carboxylic acids is 1. The standard InChI is InChI=1S/C17H26FN3OS.C2HF3O2/c1-13-15(23-14(2)19-13)12-20-9-3-5-17(7-10-20)6-4-16(22)21(17)11-8-18;3-2(4,5)1(6)7/h3-12H2,1-2H3;(H,6,7). The molecule has 1 amide bonds. The van der Waals surface area contributed by atoms with E-state index in [1.807, 2.05) is 4.90 Å². The molecule has 1 atom stereocenters. The summed E-state index contributed by atoms with van der Waals surface area (Å²) in [5.41, 5.74) is 1.05. The third-order valence-corrected chi connectivity index (χ3v) is 6.66. The van der Waals surface area contributed by atoms with E-state index in [9.17, 15) is 22.4 Å². The van der Waals surface area contributed by atoms with Gasteiger partial charge in [0.15, 0.2) is 0 Å². The Bertz CT molecular complexity index is 756. The number of nitrogens with zero attached hydrogens (tertiary/aromatic N) is 3. The second kappa shape index (κ2) is 10.0. The fraction of sp³-hybridized carbons (Fsp3) is 0.737. The van der Waals surface area contributed by atoms with E-state index < -0.39 is 18.8 Å². The highest BCUT2D eigenvalue weighted by Gasteiger charge is 2.45. The van der Waals surface area contributed by atoms with Gasteiger partial charge in [-0.25, -0.2) is 14.2 Å². The quantitative estimate of drug-likeness (QED) is 0.704. The zero-order chi connectivity index (χ0) is 22.5. The first-order chi connectivity index (χ1) is 14.0. The molecule has 2 fully saturated rings. The number of rotatable bonds is 4. The molecule has 170 valence electrons. The highest BCUT2D eigenvalue weighted by molar-refractivity contribution is 7.11. The predicted molar refractivity (Wildman–Crippen MR) is 104 cm³/mol. The summed E-state index contributed by atoms with van der Waals surface area (Å²) in [4.78, 5) is 31.2. The molecule has 0 bridgehead atoms. The molecule has 1 N–H and O–H groups in total. The number of amides is 1. The first-order valence-corrected chi connectivity index (χ1v) is 10.6. The lowest BCUT2D eigenvalue weighted by atomic mass is 9.88. The number of carbonyl (C=O) groups is 2. The van der Waals surface area contributed by atoms with E-state index in [-0.39, 0.29) is 18.0 Å². The molecule has 0 aromatic carbocycles. The molecule has 0 aliphatic carbocycles. The van der Waals surface area contributed by atoms with Gasteiger partial charge in [-0.2, -0.15) is 13.2 Å². The Kier molecular flexibility index (Phi) is 8.20. The van der Waals surface area contributed by atoms with Crippen molar-refractivity contribution in [3.05, 3.63) is 15.6 Å². The van der Waals surface area contributed by atoms with E-state index >= 15 is 0 Å². The minimum Gasteiger partial charge on any atom is -0.475 e. The zero-order valence-electron chi connectivity index (χ0n) is 17.1. The van der Waals surface area contributed by atoms with Gasteiger partial charge in [-0.15, -0.1) is 11.3 Å². The second-order valence-corrected chi connectivity index (χ2v) is 8.92. The molecule has 1 aromatic rings. The van der Waals surface area contributed by atoms with Crippen LogP contribution in [0.15, 0.2) is 0 Å². The zero-order valence-corrected chi connectivity index (χ0v) is 17.9. The average Bonchev–Trinajstić information content (AvgIpc) is 3.03. The summed E-state index contributed by atoms with van der Waals surface area (Å²) in [5.74, 6) is -2.61. The summed E-state index contributed by atoms with van der Waals surface area (Å²) in [6.45, 7) is 6.95. The van der Waals surface area contributed by atoms with Gasteiger partial charge in [-0.1, -0.05) is 0 Å². The summed E-state index contributed by atoms with van der Waals surface area (Å²) in [7, 11) is 0. The Balaban J connectivity index is 0.000000396. The monoisotopic (exact) mass is 453 g/mol. The second-order valence-electron chi connectivity index (χ2n) is 7.63. The van der Waals surface area contributed by atoms with Gasteiger partial charge in [0.05, 0.1) is 10.7 Å². The van der Waals surface area contributed by atoms with Crippen LogP contribution in [0.2, 0.25) is 0 Å². The number of hydrogen-bond acceptors (Lipinski definition) is 5. The van der Waals surface area contributed by atoms with E-state index in [1.54, 1.807) is 11.3 Å². The molecule has 0 saturated carbocycles. The maximum Gasteiger partial charge on any atom is 0.490 e. The van der Waals surface area contributed by atoms with Crippen molar-refractivity contribution in [3.63, 3.8) is 0 Å². The van der Waals surface area contributed by atoms with Crippen LogP contribution in [-0.2, 0) is 16.1 Å². The summed E-state index contributed by atoms with van der Waals surface area (Å²) >= 11 is 1.78. The van der Waals surface area contributed by atoms with Crippen LogP contribution in [0.5, 0.6) is 0 Å². The van der Waals surface area contributed by atoms with Crippen LogP contribution in [0.3, 0.4) is 0 Å². The maximum atomic E-state index is 12.9.